The van der Waals surface area contributed by atoms with Crippen molar-refractivity contribution in [3.05, 3.63) is 18.2 Å². The van der Waals surface area contributed by atoms with Gasteiger partial charge in [0.15, 0.2) is 0 Å². The quantitative estimate of drug-likeness (QED) is 0.660. The van der Waals surface area contributed by atoms with Crippen LogP contribution in [0.3, 0.4) is 0 Å². The van der Waals surface area contributed by atoms with Crippen molar-refractivity contribution in [3.8, 4) is 0 Å². The largest absolute Gasteiger partial charge is 0.397 e. The van der Waals surface area contributed by atoms with E-state index in [1.807, 2.05) is 11.9 Å². The van der Waals surface area contributed by atoms with Crippen molar-refractivity contribution < 1.29 is 13.5 Å². The molecule has 0 bridgehead atoms. The number of hydrogen-bond acceptors (Lipinski definition) is 5. The van der Waals surface area contributed by atoms with Crippen LogP contribution in [0.5, 0.6) is 0 Å². The zero-order chi connectivity index (χ0) is 13.9. The summed E-state index contributed by atoms with van der Waals surface area (Å²) in [6.45, 7) is 2.33. The van der Waals surface area contributed by atoms with Crippen molar-refractivity contribution >= 4 is 21.4 Å². The summed E-state index contributed by atoms with van der Waals surface area (Å²) in [5, 5.41) is 14.2. The third-order valence-corrected chi connectivity index (χ3v) is 3.53. The molecule has 0 saturated heterocycles. The Bertz CT molecular complexity index is 514. The minimum atomic E-state index is -3.73. The van der Waals surface area contributed by atoms with Crippen molar-refractivity contribution in [2.24, 2.45) is 5.14 Å². The highest BCUT2D eigenvalue weighted by Gasteiger charge is 2.12. The molecule has 7 heteroatoms. The molecule has 0 aromatic heterocycles. The fraction of sp³-hybridized carbons (Fsp3) is 0.455. The molecule has 0 aliphatic carbocycles. The molecular formula is C11H19N3O3S. The second kappa shape index (κ2) is 5.55. The monoisotopic (exact) mass is 273 g/mol. The van der Waals surface area contributed by atoms with Gasteiger partial charge in [0.1, 0.15) is 0 Å². The summed E-state index contributed by atoms with van der Waals surface area (Å²) in [5.74, 6) is 0. The first-order chi connectivity index (χ1) is 8.21. The molecule has 0 saturated carbocycles. The van der Waals surface area contributed by atoms with E-state index < -0.39 is 16.1 Å². The van der Waals surface area contributed by atoms with Crippen LogP contribution < -0.4 is 15.8 Å². The van der Waals surface area contributed by atoms with Crippen LogP contribution in [0.25, 0.3) is 0 Å². The smallest absolute Gasteiger partial charge is 0.238 e. The van der Waals surface area contributed by atoms with Crippen LogP contribution in [0.15, 0.2) is 23.1 Å². The van der Waals surface area contributed by atoms with Crippen molar-refractivity contribution in [1.29, 1.82) is 0 Å². The van der Waals surface area contributed by atoms with E-state index >= 15 is 0 Å². The summed E-state index contributed by atoms with van der Waals surface area (Å²) in [5.41, 5.74) is 6.85. The Hall–Kier alpha value is -1.31. The van der Waals surface area contributed by atoms with Gasteiger partial charge in [0.05, 0.1) is 22.4 Å². The molecule has 0 aliphatic rings. The molecule has 18 heavy (non-hydrogen) atoms. The molecule has 0 fully saturated rings. The summed E-state index contributed by atoms with van der Waals surface area (Å²) in [6.07, 6.45) is 0.213. The minimum absolute atomic E-state index is 0.00678. The van der Waals surface area contributed by atoms with Crippen LogP contribution in [0, 0.1) is 0 Å². The molecule has 0 aliphatic heterocycles. The zero-order valence-electron chi connectivity index (χ0n) is 10.5. The SMILES string of the molecule is CC(O)CCN(C)c1ccc(S(N)(=O)=O)cc1N. The summed E-state index contributed by atoms with van der Waals surface area (Å²) in [7, 11) is -1.91. The maximum absolute atomic E-state index is 11.2. The predicted octanol–water partition coefficient (Wildman–Crippen LogP) is 0.123. The molecular weight excluding hydrogens is 254 g/mol. The Balaban J connectivity index is 2.92. The number of primary sulfonamides is 1. The fourth-order valence-electron chi connectivity index (χ4n) is 1.56. The lowest BCUT2D eigenvalue weighted by molar-refractivity contribution is 0.187. The first kappa shape index (κ1) is 14.7. The number of benzene rings is 1. The van der Waals surface area contributed by atoms with Gasteiger partial charge in [0.2, 0.25) is 10.0 Å². The number of aliphatic hydroxyl groups excluding tert-OH is 1. The van der Waals surface area contributed by atoms with Gasteiger partial charge in [0, 0.05) is 13.6 Å². The normalized spacial score (nSPS) is 13.3. The van der Waals surface area contributed by atoms with E-state index in [2.05, 4.69) is 0 Å². The van der Waals surface area contributed by atoms with E-state index in [1.54, 1.807) is 13.0 Å². The van der Waals surface area contributed by atoms with Gasteiger partial charge < -0.3 is 15.7 Å². The molecule has 1 aromatic rings. The van der Waals surface area contributed by atoms with Crippen LogP contribution >= 0.6 is 0 Å². The molecule has 1 aromatic carbocycles. The van der Waals surface area contributed by atoms with Gasteiger partial charge in [-0.05, 0) is 31.5 Å². The minimum Gasteiger partial charge on any atom is -0.397 e. The second-order valence-corrected chi connectivity index (χ2v) is 5.89. The molecule has 0 heterocycles. The highest BCUT2D eigenvalue weighted by molar-refractivity contribution is 7.89. The second-order valence-electron chi connectivity index (χ2n) is 4.32. The highest BCUT2D eigenvalue weighted by atomic mass is 32.2. The molecule has 1 atom stereocenters. The van der Waals surface area contributed by atoms with Gasteiger partial charge >= 0.3 is 0 Å². The molecule has 5 N–H and O–H groups in total. The number of rotatable bonds is 5. The molecule has 0 amide bonds. The van der Waals surface area contributed by atoms with Crippen LogP contribution in [-0.4, -0.2) is 33.2 Å². The van der Waals surface area contributed by atoms with E-state index in [4.69, 9.17) is 10.9 Å². The van der Waals surface area contributed by atoms with Crippen molar-refractivity contribution in [2.75, 3.05) is 24.2 Å². The maximum atomic E-state index is 11.2. The lowest BCUT2D eigenvalue weighted by Gasteiger charge is -2.22. The number of hydrogen-bond donors (Lipinski definition) is 3. The summed E-state index contributed by atoms with van der Waals surface area (Å²) < 4.78 is 22.3. The molecule has 0 radical (unpaired) electrons. The lowest BCUT2D eigenvalue weighted by Crippen LogP contribution is -2.23. The van der Waals surface area contributed by atoms with E-state index in [0.29, 0.717) is 24.3 Å². The molecule has 1 unspecified atom stereocenters. The number of nitrogen functional groups attached to an aromatic ring is 1. The molecule has 102 valence electrons. The van der Waals surface area contributed by atoms with Crippen molar-refractivity contribution in [1.82, 2.24) is 0 Å². The molecule has 6 nitrogen and oxygen atoms in total. The third-order valence-electron chi connectivity index (χ3n) is 2.62. The Morgan fingerprint density at radius 2 is 2.06 bits per heavy atom. The average molecular weight is 273 g/mol. The Kier molecular flexibility index (Phi) is 4.55. The van der Waals surface area contributed by atoms with Gasteiger partial charge in [-0.3, -0.25) is 0 Å². The highest BCUT2D eigenvalue weighted by Crippen LogP contribution is 2.25. The molecule has 0 spiro atoms. The zero-order valence-corrected chi connectivity index (χ0v) is 11.3. The summed E-state index contributed by atoms with van der Waals surface area (Å²) in [6, 6.07) is 4.36. The fourth-order valence-corrected chi connectivity index (χ4v) is 2.11. The van der Waals surface area contributed by atoms with Crippen LogP contribution in [0.4, 0.5) is 11.4 Å². The van der Waals surface area contributed by atoms with Gasteiger partial charge in [-0.25, -0.2) is 13.6 Å². The Morgan fingerprint density at radius 1 is 1.44 bits per heavy atom. The number of anilines is 2. The lowest BCUT2D eigenvalue weighted by atomic mass is 10.2. The summed E-state index contributed by atoms with van der Waals surface area (Å²) in [4.78, 5) is 1.85. The molecule has 1 rings (SSSR count). The number of nitrogens with zero attached hydrogens (tertiary/aromatic N) is 1. The van der Waals surface area contributed by atoms with E-state index in [0.717, 1.165) is 0 Å². The standard InChI is InChI=1S/C11H19N3O3S/c1-8(15)5-6-14(2)11-4-3-9(7-10(11)12)18(13,16)17/h3-4,7-8,15H,5-6,12H2,1-2H3,(H2,13,16,17). The van der Waals surface area contributed by atoms with Gasteiger partial charge in [0.25, 0.3) is 0 Å². The van der Waals surface area contributed by atoms with Gasteiger partial charge in [-0.2, -0.15) is 0 Å². The summed E-state index contributed by atoms with van der Waals surface area (Å²) >= 11 is 0. The number of aliphatic hydroxyl groups is 1. The predicted molar refractivity (Wildman–Crippen MR) is 71.8 cm³/mol. The first-order valence-electron chi connectivity index (χ1n) is 5.53. The van der Waals surface area contributed by atoms with Gasteiger partial charge in [-0.1, -0.05) is 0 Å². The Morgan fingerprint density at radius 3 is 2.50 bits per heavy atom. The van der Waals surface area contributed by atoms with Gasteiger partial charge in [-0.15, -0.1) is 0 Å². The third kappa shape index (κ3) is 3.86. The van der Waals surface area contributed by atoms with Crippen LogP contribution in [-0.2, 0) is 10.0 Å². The van der Waals surface area contributed by atoms with Crippen LogP contribution in [0.2, 0.25) is 0 Å². The van der Waals surface area contributed by atoms with Crippen LogP contribution in [0.1, 0.15) is 13.3 Å². The maximum Gasteiger partial charge on any atom is 0.238 e. The van der Waals surface area contributed by atoms with E-state index in [1.165, 1.54) is 12.1 Å². The van der Waals surface area contributed by atoms with Crippen molar-refractivity contribution in [3.63, 3.8) is 0 Å². The van der Waals surface area contributed by atoms with E-state index in [-0.39, 0.29) is 4.90 Å². The topological polar surface area (TPSA) is 110 Å². The van der Waals surface area contributed by atoms with E-state index in [9.17, 15) is 13.5 Å². The average Bonchev–Trinajstić information content (AvgIpc) is 2.24. The number of nitrogens with two attached hydrogens (primary N) is 2. The van der Waals surface area contributed by atoms with Crippen molar-refractivity contribution in [2.45, 2.75) is 24.3 Å². The Labute approximate surface area is 107 Å². The first-order valence-corrected chi connectivity index (χ1v) is 7.08. The number of sulfonamides is 1.